The number of ether oxygens (including phenoxy) is 1. The summed E-state index contributed by atoms with van der Waals surface area (Å²) in [6, 6.07) is 0. The van der Waals surface area contributed by atoms with Gasteiger partial charge in [-0.25, -0.2) is 4.98 Å². The fraction of sp³-hybridized carbons (Fsp3) is 0.714. The third-order valence-electron chi connectivity index (χ3n) is 1.47. The van der Waals surface area contributed by atoms with Crippen molar-refractivity contribution in [2.75, 3.05) is 13.7 Å². The van der Waals surface area contributed by atoms with Crippen LogP contribution >= 0.6 is 0 Å². The Hall–Kier alpha value is -0.900. The normalized spacial score (nSPS) is 13.4. The molecule has 0 N–H and O–H groups in total. The van der Waals surface area contributed by atoms with Crippen LogP contribution in [0.2, 0.25) is 0 Å². The topological polar surface area (TPSA) is 39.9 Å². The van der Waals surface area contributed by atoms with Gasteiger partial charge in [0.05, 0.1) is 6.61 Å². The minimum absolute atomic E-state index is 0.279. The van der Waals surface area contributed by atoms with Crippen molar-refractivity contribution in [3.8, 4) is 0 Å². The predicted octanol–water partition coefficient (Wildman–Crippen LogP) is 0.565. The van der Waals surface area contributed by atoms with Crippen molar-refractivity contribution in [1.29, 1.82) is 0 Å². The van der Waals surface area contributed by atoms with E-state index in [9.17, 15) is 0 Å². The summed E-state index contributed by atoms with van der Waals surface area (Å²) in [5.74, 6) is 1.12. The molecule has 0 aromatic carbocycles. The fourth-order valence-electron chi connectivity index (χ4n) is 0.906. The zero-order valence-corrected chi connectivity index (χ0v) is 7.11. The maximum Gasteiger partial charge on any atom is 0.155 e. The quantitative estimate of drug-likeness (QED) is 0.640. The lowest BCUT2D eigenvalue weighted by molar-refractivity contribution is 0.181. The molecule has 0 spiro atoms. The summed E-state index contributed by atoms with van der Waals surface area (Å²) in [6.07, 6.45) is 1.70. The van der Waals surface area contributed by atoms with E-state index >= 15 is 0 Å². The first-order valence-corrected chi connectivity index (χ1v) is 3.58. The van der Waals surface area contributed by atoms with Crippen LogP contribution in [-0.4, -0.2) is 28.5 Å². The van der Waals surface area contributed by atoms with E-state index in [4.69, 9.17) is 4.74 Å². The molecule has 0 aliphatic heterocycles. The van der Waals surface area contributed by atoms with E-state index in [1.807, 2.05) is 14.0 Å². The maximum atomic E-state index is 4.98. The molecule has 0 aliphatic rings. The molecule has 0 aliphatic carbocycles. The summed E-state index contributed by atoms with van der Waals surface area (Å²) < 4.78 is 6.67. The van der Waals surface area contributed by atoms with Crippen molar-refractivity contribution in [3.05, 3.63) is 12.2 Å². The summed E-state index contributed by atoms with van der Waals surface area (Å²) in [7, 11) is 3.54. The SMILES string of the molecule is COCC(C)c1ncn(C)n1. The molecule has 4 nitrogen and oxygen atoms in total. The van der Waals surface area contributed by atoms with Crippen LogP contribution in [0.15, 0.2) is 6.33 Å². The number of methoxy groups -OCH3 is 1. The van der Waals surface area contributed by atoms with Gasteiger partial charge in [0.25, 0.3) is 0 Å². The minimum atomic E-state index is 0.279. The highest BCUT2D eigenvalue weighted by Crippen LogP contribution is 2.08. The Morgan fingerprint density at radius 3 is 2.91 bits per heavy atom. The van der Waals surface area contributed by atoms with Gasteiger partial charge in [0.15, 0.2) is 5.82 Å². The van der Waals surface area contributed by atoms with Crippen molar-refractivity contribution in [2.24, 2.45) is 7.05 Å². The second-order valence-electron chi connectivity index (χ2n) is 2.63. The summed E-state index contributed by atoms with van der Waals surface area (Å²) in [5, 5.41) is 4.15. The van der Waals surface area contributed by atoms with E-state index in [2.05, 4.69) is 10.1 Å². The highest BCUT2D eigenvalue weighted by atomic mass is 16.5. The van der Waals surface area contributed by atoms with Crippen LogP contribution < -0.4 is 0 Å². The van der Waals surface area contributed by atoms with E-state index in [0.717, 1.165) is 5.82 Å². The average molecular weight is 155 g/mol. The molecule has 1 atom stereocenters. The van der Waals surface area contributed by atoms with Crippen LogP contribution in [0.1, 0.15) is 18.7 Å². The highest BCUT2D eigenvalue weighted by Gasteiger charge is 2.08. The lowest BCUT2D eigenvalue weighted by atomic mass is 10.2. The Bertz CT molecular complexity index is 221. The summed E-state index contributed by atoms with van der Waals surface area (Å²) in [4.78, 5) is 4.11. The van der Waals surface area contributed by atoms with Crippen molar-refractivity contribution >= 4 is 0 Å². The van der Waals surface area contributed by atoms with Gasteiger partial charge in [-0.2, -0.15) is 5.10 Å². The molecule has 11 heavy (non-hydrogen) atoms. The van der Waals surface area contributed by atoms with Crippen LogP contribution in [0, 0.1) is 0 Å². The van der Waals surface area contributed by atoms with E-state index in [-0.39, 0.29) is 5.92 Å². The van der Waals surface area contributed by atoms with Gasteiger partial charge < -0.3 is 4.74 Å². The summed E-state index contributed by atoms with van der Waals surface area (Å²) >= 11 is 0. The molecule has 1 heterocycles. The molecule has 62 valence electrons. The Balaban J connectivity index is 2.60. The maximum absolute atomic E-state index is 4.98. The minimum Gasteiger partial charge on any atom is -0.384 e. The highest BCUT2D eigenvalue weighted by molar-refractivity contribution is 4.90. The molecule has 0 fully saturated rings. The average Bonchev–Trinajstić information content (AvgIpc) is 2.36. The van der Waals surface area contributed by atoms with Crippen LogP contribution in [0.3, 0.4) is 0 Å². The van der Waals surface area contributed by atoms with Gasteiger partial charge in [0.2, 0.25) is 0 Å². The molecule has 0 bridgehead atoms. The lowest BCUT2D eigenvalue weighted by Crippen LogP contribution is -2.04. The Labute approximate surface area is 66.2 Å². The Morgan fingerprint density at radius 1 is 1.73 bits per heavy atom. The molecule has 1 aromatic heterocycles. The number of hydrogen-bond donors (Lipinski definition) is 0. The lowest BCUT2D eigenvalue weighted by Gasteiger charge is -2.03. The van der Waals surface area contributed by atoms with Crippen molar-refractivity contribution in [2.45, 2.75) is 12.8 Å². The number of hydrogen-bond acceptors (Lipinski definition) is 3. The molecule has 4 heteroatoms. The largest absolute Gasteiger partial charge is 0.384 e. The van der Waals surface area contributed by atoms with Crippen LogP contribution in [-0.2, 0) is 11.8 Å². The van der Waals surface area contributed by atoms with Gasteiger partial charge in [0, 0.05) is 20.1 Å². The van der Waals surface area contributed by atoms with E-state index < -0.39 is 0 Å². The molecule has 0 radical (unpaired) electrons. The monoisotopic (exact) mass is 155 g/mol. The zero-order chi connectivity index (χ0) is 8.27. The van der Waals surface area contributed by atoms with Gasteiger partial charge in [-0.1, -0.05) is 6.92 Å². The molecule has 0 amide bonds. The van der Waals surface area contributed by atoms with Crippen LogP contribution in [0.4, 0.5) is 0 Å². The van der Waals surface area contributed by atoms with E-state index in [1.54, 1.807) is 18.1 Å². The summed E-state index contributed by atoms with van der Waals surface area (Å²) in [6.45, 7) is 2.71. The van der Waals surface area contributed by atoms with Crippen molar-refractivity contribution in [1.82, 2.24) is 14.8 Å². The third-order valence-corrected chi connectivity index (χ3v) is 1.47. The number of aromatic nitrogens is 3. The van der Waals surface area contributed by atoms with Gasteiger partial charge >= 0.3 is 0 Å². The fourth-order valence-corrected chi connectivity index (χ4v) is 0.906. The molecular formula is C7H13N3O. The van der Waals surface area contributed by atoms with Gasteiger partial charge in [0.1, 0.15) is 6.33 Å². The molecular weight excluding hydrogens is 142 g/mol. The predicted molar refractivity (Wildman–Crippen MR) is 41.3 cm³/mol. The smallest absolute Gasteiger partial charge is 0.155 e. The molecule has 1 unspecified atom stereocenters. The molecule has 0 saturated heterocycles. The van der Waals surface area contributed by atoms with Gasteiger partial charge in [-0.3, -0.25) is 4.68 Å². The van der Waals surface area contributed by atoms with Crippen LogP contribution in [0.5, 0.6) is 0 Å². The molecule has 0 saturated carbocycles. The first-order valence-electron chi connectivity index (χ1n) is 3.58. The third kappa shape index (κ3) is 2.01. The van der Waals surface area contributed by atoms with Crippen molar-refractivity contribution < 1.29 is 4.74 Å². The van der Waals surface area contributed by atoms with Crippen molar-refractivity contribution in [3.63, 3.8) is 0 Å². The first-order chi connectivity index (χ1) is 5.24. The van der Waals surface area contributed by atoms with E-state index in [1.165, 1.54) is 0 Å². The van der Waals surface area contributed by atoms with Gasteiger partial charge in [-0.15, -0.1) is 0 Å². The first kappa shape index (κ1) is 8.20. The van der Waals surface area contributed by atoms with Gasteiger partial charge in [-0.05, 0) is 0 Å². The second-order valence-corrected chi connectivity index (χ2v) is 2.63. The number of aryl methyl sites for hydroxylation is 1. The Morgan fingerprint density at radius 2 is 2.45 bits per heavy atom. The Kier molecular flexibility index (Phi) is 2.59. The molecule has 1 aromatic rings. The van der Waals surface area contributed by atoms with E-state index in [0.29, 0.717) is 6.61 Å². The second kappa shape index (κ2) is 3.48. The molecule has 1 rings (SSSR count). The zero-order valence-electron chi connectivity index (χ0n) is 7.11. The number of nitrogens with zero attached hydrogens (tertiary/aromatic N) is 3. The summed E-state index contributed by atoms with van der Waals surface area (Å²) in [5.41, 5.74) is 0. The number of rotatable bonds is 3. The standard InChI is InChI=1S/C7H13N3O/c1-6(4-11-3)7-8-5-10(2)9-7/h5-6H,4H2,1-3H3. The van der Waals surface area contributed by atoms with Crippen LogP contribution in [0.25, 0.3) is 0 Å².